The number of rotatable bonds is 6. The zero-order valence-corrected chi connectivity index (χ0v) is 19.0. The van der Waals surface area contributed by atoms with Gasteiger partial charge >= 0.3 is 18.2 Å². The maximum absolute atomic E-state index is 13.6. The minimum Gasteiger partial charge on any atom is -0.467 e. The fraction of sp³-hybridized carbons (Fsp3) is 0.429. The summed E-state index contributed by atoms with van der Waals surface area (Å²) < 4.78 is 56.4. The number of alkyl halides is 3. The molecule has 0 aliphatic carbocycles. The molecule has 0 saturated carbocycles. The summed E-state index contributed by atoms with van der Waals surface area (Å²) in [4.78, 5) is 35.1. The van der Waals surface area contributed by atoms with E-state index in [2.05, 4.69) is 14.7 Å². The second-order valence-corrected chi connectivity index (χ2v) is 8.95. The molecule has 3 atom stereocenters. The van der Waals surface area contributed by atoms with Crippen molar-refractivity contribution in [1.29, 1.82) is 0 Å². The quantitative estimate of drug-likeness (QED) is 0.493. The fourth-order valence-electron chi connectivity index (χ4n) is 4.40. The Morgan fingerprint density at radius 1 is 1.31 bits per heavy atom. The zero-order valence-electron chi connectivity index (χ0n) is 18.2. The summed E-state index contributed by atoms with van der Waals surface area (Å²) in [5.41, 5.74) is 0.627. The molecule has 3 unspecified atom stereocenters. The fourth-order valence-corrected chi connectivity index (χ4v) is 5.06. The van der Waals surface area contributed by atoms with Gasteiger partial charge in [-0.25, -0.2) is 14.6 Å². The molecule has 2 aromatic heterocycles. The van der Waals surface area contributed by atoms with E-state index in [0.29, 0.717) is 30.1 Å². The molecule has 1 aromatic carbocycles. The molecule has 1 amide bonds. The van der Waals surface area contributed by atoms with Gasteiger partial charge in [-0.05, 0) is 25.5 Å². The second kappa shape index (κ2) is 8.59. The summed E-state index contributed by atoms with van der Waals surface area (Å²) in [6.45, 7) is 1.80. The van der Waals surface area contributed by atoms with Gasteiger partial charge in [0.25, 0.3) is 12.1 Å². The average molecular weight is 512 g/mol. The van der Waals surface area contributed by atoms with E-state index in [-0.39, 0.29) is 41.6 Å². The Hall–Kier alpha value is -3.55. The summed E-state index contributed by atoms with van der Waals surface area (Å²) in [6.07, 6.45) is -6.57. The number of thiazole rings is 1. The first-order valence-electron chi connectivity index (χ1n) is 10.7. The molecule has 3 saturated heterocycles. The molecule has 3 aliphatic heterocycles. The van der Waals surface area contributed by atoms with Gasteiger partial charge < -0.3 is 23.9 Å². The average Bonchev–Trinajstić information content (AvgIpc) is 3.47. The zero-order chi connectivity index (χ0) is 24.9. The second-order valence-electron chi connectivity index (χ2n) is 8.05. The van der Waals surface area contributed by atoms with Crippen LogP contribution in [-0.2, 0) is 9.53 Å². The van der Waals surface area contributed by atoms with E-state index in [1.807, 2.05) is 0 Å². The first-order valence-corrected chi connectivity index (χ1v) is 11.5. The highest BCUT2D eigenvalue weighted by Crippen LogP contribution is 2.41. The van der Waals surface area contributed by atoms with Crippen LogP contribution in [0, 0.1) is 0 Å². The van der Waals surface area contributed by atoms with E-state index >= 15 is 0 Å². The van der Waals surface area contributed by atoms with Crippen LogP contribution in [0.3, 0.4) is 0 Å². The van der Waals surface area contributed by atoms with Gasteiger partial charge in [0, 0.05) is 24.7 Å². The highest BCUT2D eigenvalue weighted by Gasteiger charge is 2.50. The van der Waals surface area contributed by atoms with Crippen molar-refractivity contribution in [3.05, 3.63) is 23.7 Å². The number of piperazine rings is 1. The van der Waals surface area contributed by atoms with E-state index < -0.39 is 24.3 Å². The molecule has 3 aromatic rings. The molecule has 3 aliphatic rings. The molecular weight excluding hydrogens is 493 g/mol. The van der Waals surface area contributed by atoms with Crippen molar-refractivity contribution in [2.24, 2.45) is 0 Å². The Morgan fingerprint density at radius 3 is 2.66 bits per heavy atom. The first-order chi connectivity index (χ1) is 16.7. The number of hydrogen-bond acceptors (Lipinski definition) is 9. The Labute approximate surface area is 199 Å². The topological polar surface area (TPSA) is 118 Å². The number of aromatic nitrogens is 2. The van der Waals surface area contributed by atoms with Crippen molar-refractivity contribution < 1.29 is 41.8 Å². The van der Waals surface area contributed by atoms with Crippen molar-refractivity contribution in [3.8, 4) is 16.3 Å². The Kier molecular flexibility index (Phi) is 5.69. The number of halogens is 3. The number of fused-ring (bicyclic) bond motifs is 3. The number of piperidine rings is 1. The molecule has 14 heteroatoms. The monoisotopic (exact) mass is 512 g/mol. The third-order valence-electron chi connectivity index (χ3n) is 5.89. The van der Waals surface area contributed by atoms with Crippen molar-refractivity contribution >= 4 is 40.5 Å². The number of carboxylic acid groups (broad SMARTS) is 1. The predicted octanol–water partition coefficient (Wildman–Crippen LogP) is 3.77. The molecule has 10 nitrogen and oxygen atoms in total. The number of hydrogen-bond donors (Lipinski definition) is 1. The molecule has 5 heterocycles. The van der Waals surface area contributed by atoms with Gasteiger partial charge in [0.15, 0.2) is 16.8 Å². The van der Waals surface area contributed by atoms with Gasteiger partial charge in [-0.2, -0.15) is 18.2 Å². The Morgan fingerprint density at radius 2 is 2.06 bits per heavy atom. The van der Waals surface area contributed by atoms with E-state index in [4.69, 9.17) is 9.15 Å². The van der Waals surface area contributed by atoms with Gasteiger partial charge in [-0.15, -0.1) is 11.3 Å². The van der Waals surface area contributed by atoms with Crippen LogP contribution in [0.4, 0.5) is 24.0 Å². The minimum atomic E-state index is -5.02. The van der Waals surface area contributed by atoms with Crippen LogP contribution in [0.1, 0.15) is 13.3 Å². The molecule has 35 heavy (non-hydrogen) atoms. The Balaban J connectivity index is 1.53. The summed E-state index contributed by atoms with van der Waals surface area (Å²) in [7, 11) is 0. The van der Waals surface area contributed by atoms with Crippen LogP contribution in [0.5, 0.6) is 5.75 Å². The van der Waals surface area contributed by atoms with Gasteiger partial charge in [0.1, 0.15) is 5.01 Å². The van der Waals surface area contributed by atoms with Crippen LogP contribution >= 0.6 is 11.3 Å². The third-order valence-corrected chi connectivity index (χ3v) is 6.69. The summed E-state index contributed by atoms with van der Waals surface area (Å²) in [6, 6.07) is 2.43. The molecule has 0 radical (unpaired) electrons. The van der Waals surface area contributed by atoms with E-state index in [9.17, 15) is 27.9 Å². The molecular formula is C21H19F3N4O6S. The summed E-state index contributed by atoms with van der Waals surface area (Å²) in [5, 5.41) is 11.6. The molecule has 2 bridgehead atoms. The van der Waals surface area contributed by atoms with Crippen LogP contribution in [0.2, 0.25) is 0 Å². The van der Waals surface area contributed by atoms with Crippen LogP contribution in [0.15, 0.2) is 28.1 Å². The van der Waals surface area contributed by atoms with Crippen molar-refractivity contribution in [2.45, 2.75) is 37.7 Å². The number of benzene rings is 1. The standard InChI is InChI=1S/C21H19F3N4O6S/c1-2-32-18(29)16(21(22,23)24)33-13-4-3-12(17-25-5-6-35-17)15-14(13)26-19(34-15)27-8-10-7-11(9-27)28(10)20(30)31/h3-6,10-11,16H,2,7-9H2,1H3,(H,30,31). The third kappa shape index (κ3) is 4.11. The molecule has 0 spiro atoms. The molecule has 3 fully saturated rings. The number of anilines is 1. The van der Waals surface area contributed by atoms with Gasteiger partial charge in [-0.3, -0.25) is 4.90 Å². The SMILES string of the molecule is CCOC(=O)C(Oc1ccc(-c2nccs2)c2oc(N3CC4CC(C3)N4C(=O)O)nc12)C(F)(F)F. The molecule has 1 N–H and O–H groups in total. The predicted molar refractivity (Wildman–Crippen MR) is 116 cm³/mol. The lowest BCUT2D eigenvalue weighted by Crippen LogP contribution is -2.70. The summed E-state index contributed by atoms with van der Waals surface area (Å²) >= 11 is 1.30. The Bertz CT molecular complexity index is 1250. The molecule has 186 valence electrons. The number of carbonyl (C=O) groups excluding carboxylic acids is 1. The van der Waals surface area contributed by atoms with E-state index in [1.54, 1.807) is 16.5 Å². The van der Waals surface area contributed by atoms with Crippen LogP contribution < -0.4 is 9.64 Å². The number of carbonyl (C=O) groups is 2. The highest BCUT2D eigenvalue weighted by molar-refractivity contribution is 7.13. The van der Waals surface area contributed by atoms with E-state index in [0.717, 1.165) is 0 Å². The van der Waals surface area contributed by atoms with Crippen LogP contribution in [0.25, 0.3) is 21.7 Å². The minimum absolute atomic E-state index is 0.0133. The maximum Gasteiger partial charge on any atom is 0.436 e. The van der Waals surface area contributed by atoms with E-state index in [1.165, 1.54) is 35.3 Å². The number of amides is 1. The number of ether oxygens (including phenoxy) is 2. The number of esters is 1. The lowest BCUT2D eigenvalue weighted by atomic mass is 9.88. The normalized spacial score (nSPS) is 20.5. The van der Waals surface area contributed by atoms with Crippen LogP contribution in [-0.4, -0.2) is 76.1 Å². The van der Waals surface area contributed by atoms with Gasteiger partial charge in [-0.1, -0.05) is 0 Å². The summed E-state index contributed by atoms with van der Waals surface area (Å²) in [5.74, 6) is -1.87. The largest absolute Gasteiger partial charge is 0.467 e. The smallest absolute Gasteiger partial charge is 0.436 e. The maximum atomic E-state index is 13.6. The highest BCUT2D eigenvalue weighted by atomic mass is 32.1. The van der Waals surface area contributed by atoms with Crippen molar-refractivity contribution in [2.75, 3.05) is 24.6 Å². The van der Waals surface area contributed by atoms with Gasteiger partial charge in [0.05, 0.1) is 24.3 Å². The van der Waals surface area contributed by atoms with Crippen molar-refractivity contribution in [1.82, 2.24) is 14.9 Å². The first kappa shape index (κ1) is 23.2. The number of oxazole rings is 1. The number of nitrogens with zero attached hydrogens (tertiary/aromatic N) is 4. The lowest BCUT2D eigenvalue weighted by molar-refractivity contribution is -0.211. The lowest BCUT2D eigenvalue weighted by Gasteiger charge is -2.54. The van der Waals surface area contributed by atoms with Gasteiger partial charge in [0.2, 0.25) is 0 Å². The molecule has 6 rings (SSSR count). The van der Waals surface area contributed by atoms with Crippen molar-refractivity contribution in [3.63, 3.8) is 0 Å².